The molecule has 8 nitrogen and oxygen atoms in total. The molecule has 11 heteroatoms. The van der Waals surface area contributed by atoms with Gasteiger partial charge in [0.05, 0.1) is 5.69 Å². The molecule has 2 heterocycles. The molecule has 30 heavy (non-hydrogen) atoms. The van der Waals surface area contributed by atoms with Crippen LogP contribution in [0.1, 0.15) is 12.1 Å². The van der Waals surface area contributed by atoms with E-state index >= 15 is 0 Å². The maximum absolute atomic E-state index is 12.3. The van der Waals surface area contributed by atoms with Crippen molar-refractivity contribution in [1.29, 1.82) is 0 Å². The summed E-state index contributed by atoms with van der Waals surface area (Å²) in [6.45, 7) is -2.95. The summed E-state index contributed by atoms with van der Waals surface area (Å²) in [4.78, 5) is 43.6. The van der Waals surface area contributed by atoms with Crippen LogP contribution in [0.25, 0.3) is 0 Å². The Kier molecular flexibility index (Phi) is 6.96. The molecule has 3 rings (SSSR count). The number of rotatable bonds is 8. The van der Waals surface area contributed by atoms with Gasteiger partial charge in [0.15, 0.2) is 5.13 Å². The number of carbonyl (C=O) groups excluding carboxylic acids is 3. The standard InChI is InChI=1S/C19H16F2N4O4S/c20-18(21)29-13-4-1-3-11(9-13)23-15(26)7-6-12-10-30-19(24-12)25-17(28)14-5-2-8-22-16(14)27/h1-5,8-10,14,18H,6-7H2,(H,23,26)(H,24,25,28). The van der Waals surface area contributed by atoms with E-state index in [-0.39, 0.29) is 18.1 Å². The number of dihydropyridines is 1. The summed E-state index contributed by atoms with van der Waals surface area (Å²) in [5.41, 5.74) is 0.918. The molecule has 0 saturated carbocycles. The number of aliphatic imine (C=N–C) groups is 1. The first-order chi connectivity index (χ1) is 14.4. The number of amides is 3. The zero-order valence-electron chi connectivity index (χ0n) is 15.4. The van der Waals surface area contributed by atoms with Gasteiger partial charge in [-0.1, -0.05) is 12.1 Å². The number of alkyl halides is 2. The van der Waals surface area contributed by atoms with E-state index in [0.717, 1.165) is 0 Å². The third-order valence-corrected chi connectivity index (χ3v) is 4.68. The summed E-state index contributed by atoms with van der Waals surface area (Å²) in [7, 11) is 0. The van der Waals surface area contributed by atoms with Crippen LogP contribution >= 0.6 is 11.3 Å². The first kappa shape index (κ1) is 21.2. The van der Waals surface area contributed by atoms with Gasteiger partial charge in [-0.3, -0.25) is 14.4 Å². The Labute approximate surface area is 173 Å². The molecule has 1 aliphatic rings. The smallest absolute Gasteiger partial charge is 0.387 e. The van der Waals surface area contributed by atoms with Gasteiger partial charge in [-0.25, -0.2) is 9.98 Å². The number of aromatic nitrogens is 1. The molecule has 0 aliphatic carbocycles. The highest BCUT2D eigenvalue weighted by molar-refractivity contribution is 7.13. The van der Waals surface area contributed by atoms with E-state index in [9.17, 15) is 23.2 Å². The number of nitrogens with zero attached hydrogens (tertiary/aromatic N) is 2. The van der Waals surface area contributed by atoms with E-state index in [1.165, 1.54) is 47.9 Å². The molecule has 1 aliphatic heterocycles. The molecule has 0 fully saturated rings. The number of thiazole rings is 1. The van der Waals surface area contributed by atoms with Crippen molar-refractivity contribution in [1.82, 2.24) is 4.98 Å². The highest BCUT2D eigenvalue weighted by atomic mass is 32.1. The number of aryl methyl sites for hydroxylation is 1. The minimum atomic E-state index is -2.95. The number of hydrogen-bond donors (Lipinski definition) is 2. The number of ether oxygens (including phenoxy) is 1. The second kappa shape index (κ2) is 9.83. The van der Waals surface area contributed by atoms with Gasteiger partial charge < -0.3 is 15.4 Å². The Hall–Kier alpha value is -3.47. The minimum absolute atomic E-state index is 0.0559. The van der Waals surface area contributed by atoms with Gasteiger partial charge in [0, 0.05) is 29.8 Å². The normalized spacial score (nSPS) is 15.3. The van der Waals surface area contributed by atoms with Crippen LogP contribution in [0.5, 0.6) is 5.75 Å². The van der Waals surface area contributed by atoms with E-state index < -0.39 is 24.3 Å². The predicted molar refractivity (Wildman–Crippen MR) is 107 cm³/mol. The number of hydrogen-bond acceptors (Lipinski definition) is 6. The van der Waals surface area contributed by atoms with Crippen molar-refractivity contribution in [3.63, 3.8) is 0 Å². The minimum Gasteiger partial charge on any atom is -0.435 e. The van der Waals surface area contributed by atoms with E-state index in [1.807, 2.05) is 0 Å². The molecular formula is C19H16F2N4O4S. The summed E-state index contributed by atoms with van der Waals surface area (Å²) in [5.74, 6) is -2.46. The highest BCUT2D eigenvalue weighted by Crippen LogP contribution is 2.21. The molecule has 0 saturated heterocycles. The monoisotopic (exact) mass is 434 g/mol. The number of halogens is 2. The second-order valence-electron chi connectivity index (χ2n) is 6.07. The molecule has 0 radical (unpaired) electrons. The lowest BCUT2D eigenvalue weighted by Crippen LogP contribution is -2.28. The zero-order chi connectivity index (χ0) is 21.5. The topological polar surface area (TPSA) is 110 Å². The van der Waals surface area contributed by atoms with Gasteiger partial charge in [0.2, 0.25) is 11.8 Å². The first-order valence-electron chi connectivity index (χ1n) is 8.75. The Balaban J connectivity index is 1.48. The van der Waals surface area contributed by atoms with Crippen LogP contribution < -0.4 is 15.4 Å². The Morgan fingerprint density at radius 2 is 2.10 bits per heavy atom. The molecule has 1 aromatic heterocycles. The Morgan fingerprint density at radius 3 is 2.87 bits per heavy atom. The third kappa shape index (κ3) is 6.01. The van der Waals surface area contributed by atoms with Crippen molar-refractivity contribution in [2.75, 3.05) is 10.6 Å². The molecule has 2 N–H and O–H groups in total. The lowest BCUT2D eigenvalue weighted by Gasteiger charge is -2.09. The summed E-state index contributed by atoms with van der Waals surface area (Å²) in [6, 6.07) is 5.69. The van der Waals surface area contributed by atoms with Crippen LogP contribution in [0.15, 0.2) is 46.8 Å². The van der Waals surface area contributed by atoms with E-state index in [4.69, 9.17) is 0 Å². The van der Waals surface area contributed by atoms with E-state index in [1.54, 1.807) is 11.4 Å². The van der Waals surface area contributed by atoms with Gasteiger partial charge in [0.1, 0.15) is 11.7 Å². The molecular weight excluding hydrogens is 418 g/mol. The predicted octanol–water partition coefficient (Wildman–Crippen LogP) is 3.04. The van der Waals surface area contributed by atoms with Crippen molar-refractivity contribution in [2.24, 2.45) is 10.9 Å². The maximum atomic E-state index is 12.3. The number of carbonyl (C=O) groups is 3. The van der Waals surface area contributed by atoms with E-state index in [0.29, 0.717) is 22.9 Å². The van der Waals surface area contributed by atoms with Crippen molar-refractivity contribution < 1.29 is 27.9 Å². The van der Waals surface area contributed by atoms with Crippen molar-refractivity contribution in [3.8, 4) is 5.75 Å². The Bertz CT molecular complexity index is 1010. The first-order valence-corrected chi connectivity index (χ1v) is 9.63. The van der Waals surface area contributed by atoms with Crippen molar-refractivity contribution in [2.45, 2.75) is 19.5 Å². The Morgan fingerprint density at radius 1 is 1.27 bits per heavy atom. The number of anilines is 2. The van der Waals surface area contributed by atoms with Gasteiger partial charge in [0.25, 0.3) is 5.91 Å². The lowest BCUT2D eigenvalue weighted by molar-refractivity contribution is -0.128. The molecule has 1 atom stereocenters. The average Bonchev–Trinajstić information content (AvgIpc) is 3.14. The van der Waals surface area contributed by atoms with Gasteiger partial charge >= 0.3 is 6.61 Å². The van der Waals surface area contributed by atoms with Gasteiger partial charge in [-0.05, 0) is 24.6 Å². The van der Waals surface area contributed by atoms with Gasteiger partial charge in [-0.2, -0.15) is 8.78 Å². The number of nitrogens with one attached hydrogen (secondary N) is 2. The fourth-order valence-corrected chi connectivity index (χ4v) is 3.26. The average molecular weight is 434 g/mol. The van der Waals surface area contributed by atoms with Gasteiger partial charge in [-0.15, -0.1) is 11.3 Å². The summed E-state index contributed by atoms with van der Waals surface area (Å²) >= 11 is 1.17. The fraction of sp³-hybridized carbons (Fsp3) is 0.211. The fourth-order valence-electron chi connectivity index (χ4n) is 2.52. The second-order valence-corrected chi connectivity index (χ2v) is 6.92. The van der Waals surface area contributed by atoms with Crippen molar-refractivity contribution in [3.05, 3.63) is 47.5 Å². The lowest BCUT2D eigenvalue weighted by atomic mass is 10.1. The molecule has 0 bridgehead atoms. The number of benzene rings is 1. The molecule has 156 valence electrons. The maximum Gasteiger partial charge on any atom is 0.387 e. The molecule has 2 aromatic rings. The third-order valence-electron chi connectivity index (χ3n) is 3.87. The quantitative estimate of drug-likeness (QED) is 0.621. The molecule has 0 spiro atoms. The van der Waals surface area contributed by atoms with E-state index in [2.05, 4.69) is 25.3 Å². The van der Waals surface area contributed by atoms with Crippen LogP contribution in [0.4, 0.5) is 19.6 Å². The van der Waals surface area contributed by atoms with Crippen LogP contribution in [-0.4, -0.2) is 35.5 Å². The molecule has 1 aromatic carbocycles. The highest BCUT2D eigenvalue weighted by Gasteiger charge is 2.25. The van der Waals surface area contributed by atoms with Crippen LogP contribution in [0.2, 0.25) is 0 Å². The van der Waals surface area contributed by atoms with Crippen molar-refractivity contribution >= 4 is 46.1 Å². The summed E-state index contributed by atoms with van der Waals surface area (Å²) in [6.07, 6.45) is 4.69. The summed E-state index contributed by atoms with van der Waals surface area (Å²) in [5, 5.41) is 7.15. The molecule has 3 amide bonds. The van der Waals surface area contributed by atoms with Crippen LogP contribution in [-0.2, 0) is 20.8 Å². The largest absolute Gasteiger partial charge is 0.435 e. The van der Waals surface area contributed by atoms with Crippen LogP contribution in [0.3, 0.4) is 0 Å². The molecule has 1 unspecified atom stereocenters. The summed E-state index contributed by atoms with van der Waals surface area (Å²) < 4.78 is 28.8. The van der Waals surface area contributed by atoms with Crippen LogP contribution in [0, 0.1) is 5.92 Å². The zero-order valence-corrected chi connectivity index (χ0v) is 16.2. The SMILES string of the molecule is O=C(CCc1csc(NC(=O)C2C=CC=NC2=O)n1)Nc1cccc(OC(F)F)c1. The number of allylic oxidation sites excluding steroid dienone is 1.